The molecule has 0 spiro atoms. The molecule has 0 fully saturated rings. The second-order valence-corrected chi connectivity index (χ2v) is 2.11. The Balaban J connectivity index is 3.95. The van der Waals surface area contributed by atoms with Crippen molar-refractivity contribution in [2.75, 3.05) is 0 Å². The van der Waals surface area contributed by atoms with Crippen molar-refractivity contribution >= 4 is 0 Å². The van der Waals surface area contributed by atoms with Crippen molar-refractivity contribution in [1.29, 1.82) is 0 Å². The molecule has 0 aliphatic carbocycles. The van der Waals surface area contributed by atoms with Crippen LogP contribution in [0.15, 0.2) is 11.6 Å². The van der Waals surface area contributed by atoms with E-state index in [0.717, 1.165) is 6.08 Å². The maximum atomic E-state index is 12.0. The fraction of sp³-hybridized carbons (Fsp3) is 0.571. The van der Waals surface area contributed by atoms with Gasteiger partial charge in [0.05, 0.1) is 0 Å². The van der Waals surface area contributed by atoms with E-state index in [9.17, 15) is 8.78 Å². The average Bonchev–Trinajstić information content (AvgIpc) is 1.62. The van der Waals surface area contributed by atoms with E-state index in [0.29, 0.717) is 12.0 Å². The van der Waals surface area contributed by atoms with Crippen molar-refractivity contribution in [3.05, 3.63) is 18.6 Å². The van der Waals surface area contributed by atoms with Crippen LogP contribution in [0.25, 0.3) is 0 Å². The van der Waals surface area contributed by atoms with Crippen LogP contribution in [0.2, 0.25) is 0 Å². The van der Waals surface area contributed by atoms with Crippen molar-refractivity contribution in [3.8, 4) is 0 Å². The zero-order valence-electron chi connectivity index (χ0n) is 5.75. The molecule has 0 atom stereocenters. The zero-order valence-corrected chi connectivity index (χ0v) is 5.75. The SMILES string of the molecule is [CH2]C(F)(F)/C=C(\C)CC. The molecule has 0 saturated carbocycles. The highest BCUT2D eigenvalue weighted by Crippen LogP contribution is 2.16. The first-order valence-electron chi connectivity index (χ1n) is 2.87. The van der Waals surface area contributed by atoms with Gasteiger partial charge in [0.15, 0.2) is 0 Å². The van der Waals surface area contributed by atoms with Gasteiger partial charge < -0.3 is 0 Å². The minimum absolute atomic E-state index is 0.658. The Kier molecular flexibility index (Phi) is 2.82. The molecule has 53 valence electrons. The number of hydrogen-bond acceptors (Lipinski definition) is 0. The van der Waals surface area contributed by atoms with Gasteiger partial charge in [-0.2, -0.15) is 0 Å². The molecule has 1 radical (unpaired) electrons. The summed E-state index contributed by atoms with van der Waals surface area (Å²) in [6.07, 6.45) is 1.54. The number of alkyl halides is 2. The number of rotatable bonds is 2. The smallest absolute Gasteiger partial charge is 0.202 e. The summed E-state index contributed by atoms with van der Waals surface area (Å²) in [6, 6.07) is 0. The Morgan fingerprint density at radius 2 is 2.11 bits per heavy atom. The largest absolute Gasteiger partial charge is 0.266 e. The molecule has 0 aromatic carbocycles. The Morgan fingerprint density at radius 3 is 2.22 bits per heavy atom. The molecule has 0 heterocycles. The van der Waals surface area contributed by atoms with Crippen LogP contribution in [0.5, 0.6) is 0 Å². The van der Waals surface area contributed by atoms with E-state index in [1.807, 2.05) is 6.92 Å². The summed E-state index contributed by atoms with van der Waals surface area (Å²) in [6.45, 7) is 6.15. The minimum atomic E-state index is -2.89. The molecule has 9 heavy (non-hydrogen) atoms. The van der Waals surface area contributed by atoms with E-state index in [4.69, 9.17) is 0 Å². The van der Waals surface area contributed by atoms with Crippen LogP contribution in [0, 0.1) is 6.92 Å². The summed E-state index contributed by atoms with van der Waals surface area (Å²) in [7, 11) is 0. The molecule has 0 nitrogen and oxygen atoms in total. The van der Waals surface area contributed by atoms with Crippen LogP contribution in [0.1, 0.15) is 20.3 Å². The third kappa shape index (κ3) is 5.47. The number of allylic oxidation sites excluding steroid dienone is 2. The Labute approximate surface area is 54.6 Å². The standard InChI is InChI=1S/C7H11F2/c1-4-6(2)5-7(3,8)9/h5H,3-4H2,1-2H3/b6-5+. The Morgan fingerprint density at radius 1 is 1.67 bits per heavy atom. The lowest BCUT2D eigenvalue weighted by atomic mass is 10.2. The van der Waals surface area contributed by atoms with Gasteiger partial charge in [0.2, 0.25) is 0 Å². The Hall–Kier alpha value is -0.400. The first-order chi connectivity index (χ1) is 3.95. The summed E-state index contributed by atoms with van der Waals surface area (Å²) in [5, 5.41) is 0. The van der Waals surface area contributed by atoms with E-state index < -0.39 is 5.92 Å². The van der Waals surface area contributed by atoms with Crippen molar-refractivity contribution in [1.82, 2.24) is 0 Å². The monoisotopic (exact) mass is 133 g/mol. The number of halogens is 2. The van der Waals surface area contributed by atoms with Crippen LogP contribution in [-0.2, 0) is 0 Å². The lowest BCUT2D eigenvalue weighted by Crippen LogP contribution is -2.05. The normalized spacial score (nSPS) is 14.1. The maximum absolute atomic E-state index is 12.0. The summed E-state index contributed by atoms with van der Waals surface area (Å²) in [5.74, 6) is -2.89. The van der Waals surface area contributed by atoms with Gasteiger partial charge in [-0.25, -0.2) is 8.78 Å². The van der Waals surface area contributed by atoms with Gasteiger partial charge in [0.1, 0.15) is 0 Å². The molecule has 0 saturated heterocycles. The third-order valence-electron chi connectivity index (χ3n) is 1.02. The predicted molar refractivity (Wildman–Crippen MR) is 34.4 cm³/mol. The second-order valence-electron chi connectivity index (χ2n) is 2.11. The first kappa shape index (κ1) is 8.60. The molecule has 0 N–H and O–H groups in total. The lowest BCUT2D eigenvalue weighted by Gasteiger charge is -2.03. The highest BCUT2D eigenvalue weighted by molar-refractivity contribution is 5.05. The van der Waals surface area contributed by atoms with Gasteiger partial charge in [-0.3, -0.25) is 0 Å². The fourth-order valence-electron chi connectivity index (χ4n) is 0.463. The molecule has 0 aliphatic heterocycles. The molecule has 0 rings (SSSR count). The zero-order chi connectivity index (χ0) is 7.49. The molecule has 2 heteroatoms. The van der Waals surface area contributed by atoms with Gasteiger partial charge in [0.25, 0.3) is 5.92 Å². The summed E-state index contributed by atoms with van der Waals surface area (Å²) in [5.41, 5.74) is 0.676. The number of hydrogen-bond donors (Lipinski definition) is 0. The first-order valence-corrected chi connectivity index (χ1v) is 2.87. The van der Waals surface area contributed by atoms with Gasteiger partial charge >= 0.3 is 0 Å². The van der Waals surface area contributed by atoms with Gasteiger partial charge in [-0.1, -0.05) is 12.5 Å². The molecule has 0 bridgehead atoms. The molecular formula is C7H11F2. The fourth-order valence-corrected chi connectivity index (χ4v) is 0.463. The molecule has 0 unspecified atom stereocenters. The van der Waals surface area contributed by atoms with E-state index in [1.54, 1.807) is 6.92 Å². The van der Waals surface area contributed by atoms with Gasteiger partial charge in [-0.15, -0.1) is 0 Å². The van der Waals surface area contributed by atoms with E-state index >= 15 is 0 Å². The van der Waals surface area contributed by atoms with Crippen LogP contribution >= 0.6 is 0 Å². The highest BCUT2D eigenvalue weighted by Gasteiger charge is 2.16. The van der Waals surface area contributed by atoms with E-state index in [-0.39, 0.29) is 0 Å². The van der Waals surface area contributed by atoms with Crippen molar-refractivity contribution in [3.63, 3.8) is 0 Å². The predicted octanol–water partition coefficient (Wildman–Crippen LogP) is 2.81. The maximum Gasteiger partial charge on any atom is 0.266 e. The van der Waals surface area contributed by atoms with Gasteiger partial charge in [-0.05, 0) is 19.4 Å². The topological polar surface area (TPSA) is 0 Å². The summed E-state index contributed by atoms with van der Waals surface area (Å²) >= 11 is 0. The second kappa shape index (κ2) is 2.95. The average molecular weight is 133 g/mol. The highest BCUT2D eigenvalue weighted by atomic mass is 19.3. The quantitative estimate of drug-likeness (QED) is 0.508. The Bertz CT molecular complexity index is 109. The summed E-state index contributed by atoms with van der Waals surface area (Å²) in [4.78, 5) is 0. The van der Waals surface area contributed by atoms with Gasteiger partial charge in [0, 0.05) is 6.92 Å². The van der Waals surface area contributed by atoms with Crippen LogP contribution in [-0.4, -0.2) is 5.92 Å². The molecule has 0 aromatic rings. The minimum Gasteiger partial charge on any atom is -0.202 e. The van der Waals surface area contributed by atoms with Crippen molar-refractivity contribution in [2.24, 2.45) is 0 Å². The molecule has 0 aliphatic rings. The van der Waals surface area contributed by atoms with Crippen LogP contribution in [0.3, 0.4) is 0 Å². The van der Waals surface area contributed by atoms with E-state index in [2.05, 4.69) is 6.92 Å². The van der Waals surface area contributed by atoms with Crippen LogP contribution in [0.4, 0.5) is 8.78 Å². The lowest BCUT2D eigenvalue weighted by molar-refractivity contribution is 0.107. The van der Waals surface area contributed by atoms with E-state index in [1.165, 1.54) is 0 Å². The molecule has 0 amide bonds. The molecular weight excluding hydrogens is 122 g/mol. The van der Waals surface area contributed by atoms with Crippen molar-refractivity contribution < 1.29 is 8.78 Å². The summed E-state index contributed by atoms with van der Waals surface area (Å²) < 4.78 is 23.9. The van der Waals surface area contributed by atoms with Crippen LogP contribution < -0.4 is 0 Å². The van der Waals surface area contributed by atoms with Crippen molar-refractivity contribution in [2.45, 2.75) is 26.2 Å². The molecule has 0 aromatic heterocycles. The third-order valence-corrected chi connectivity index (χ3v) is 1.02.